The fourth-order valence-electron chi connectivity index (χ4n) is 1.58. The van der Waals surface area contributed by atoms with Gasteiger partial charge in [-0.05, 0) is 18.1 Å². The lowest BCUT2D eigenvalue weighted by molar-refractivity contribution is 0.501. The Morgan fingerprint density at radius 3 is 3.12 bits per heavy atom. The van der Waals surface area contributed by atoms with E-state index in [2.05, 4.69) is 24.2 Å². The van der Waals surface area contributed by atoms with Crippen LogP contribution in [0.3, 0.4) is 0 Å². The summed E-state index contributed by atoms with van der Waals surface area (Å²) in [6.07, 6.45) is 2.59. The fourth-order valence-corrected chi connectivity index (χ4v) is 2.81. The highest BCUT2D eigenvalue weighted by atomic mass is 32.2. The predicted octanol–water partition coefficient (Wildman–Crippen LogP) is 2.54. The van der Waals surface area contributed by atoms with Crippen LogP contribution in [-0.4, -0.2) is 23.5 Å². The summed E-state index contributed by atoms with van der Waals surface area (Å²) in [4.78, 5) is 4.54. The lowest BCUT2D eigenvalue weighted by Crippen LogP contribution is -2.31. The van der Waals surface area contributed by atoms with Gasteiger partial charge in [-0.2, -0.15) is 0 Å². The Balaban J connectivity index is 1.77. The average molecular weight is 238 g/mol. The van der Waals surface area contributed by atoms with Crippen molar-refractivity contribution in [3.05, 3.63) is 24.2 Å². The van der Waals surface area contributed by atoms with Crippen molar-refractivity contribution in [1.29, 1.82) is 0 Å². The van der Waals surface area contributed by atoms with Crippen LogP contribution < -0.4 is 5.32 Å². The Hall–Kier alpha value is -0.900. The van der Waals surface area contributed by atoms with Crippen LogP contribution in [0, 0.1) is 5.92 Å². The van der Waals surface area contributed by atoms with E-state index in [0.29, 0.717) is 12.0 Å². The molecule has 4 heteroatoms. The van der Waals surface area contributed by atoms with Gasteiger partial charge in [-0.25, -0.2) is 0 Å². The molecular formula is C12H18N2OS. The Morgan fingerprint density at radius 1 is 1.62 bits per heavy atom. The minimum atomic E-state index is 0.576. The first-order valence-electron chi connectivity index (χ1n) is 5.72. The number of hydrogen-bond donors (Lipinski definition) is 1. The maximum absolute atomic E-state index is 5.26. The van der Waals surface area contributed by atoms with Gasteiger partial charge in [0, 0.05) is 24.8 Å². The molecule has 1 fully saturated rings. The number of hydrogen-bond acceptors (Lipinski definition) is 3. The van der Waals surface area contributed by atoms with Gasteiger partial charge in [0.25, 0.3) is 0 Å². The Kier molecular flexibility index (Phi) is 3.93. The summed E-state index contributed by atoms with van der Waals surface area (Å²) in [5.41, 5.74) is 0. The van der Waals surface area contributed by atoms with Crippen LogP contribution in [0.2, 0.25) is 0 Å². The first-order valence-corrected chi connectivity index (χ1v) is 6.70. The van der Waals surface area contributed by atoms with E-state index in [4.69, 9.17) is 4.42 Å². The van der Waals surface area contributed by atoms with Gasteiger partial charge in [0.1, 0.15) is 5.76 Å². The maximum Gasteiger partial charge on any atom is 0.156 e. The monoisotopic (exact) mass is 238 g/mol. The Labute approximate surface area is 101 Å². The van der Waals surface area contributed by atoms with Crippen LogP contribution in [0.1, 0.15) is 19.6 Å². The third-order valence-corrected chi connectivity index (χ3v) is 3.75. The molecular weight excluding hydrogens is 220 g/mol. The zero-order valence-corrected chi connectivity index (χ0v) is 10.6. The molecule has 1 aliphatic rings. The molecule has 1 aromatic heterocycles. The molecule has 0 bridgehead atoms. The molecule has 0 spiro atoms. The summed E-state index contributed by atoms with van der Waals surface area (Å²) in [6.45, 7) is 5.28. The van der Waals surface area contributed by atoms with Crippen molar-refractivity contribution in [1.82, 2.24) is 5.32 Å². The molecule has 16 heavy (non-hydrogen) atoms. The van der Waals surface area contributed by atoms with Crippen LogP contribution in [-0.2, 0) is 6.42 Å². The van der Waals surface area contributed by atoms with Gasteiger partial charge in [0.05, 0.1) is 6.26 Å². The zero-order chi connectivity index (χ0) is 11.4. The summed E-state index contributed by atoms with van der Waals surface area (Å²) < 4.78 is 5.26. The highest BCUT2D eigenvalue weighted by Crippen LogP contribution is 2.18. The van der Waals surface area contributed by atoms with Crippen molar-refractivity contribution in [3.63, 3.8) is 0 Å². The normalized spacial score (nSPS) is 22.9. The van der Waals surface area contributed by atoms with E-state index in [1.807, 2.05) is 23.9 Å². The lowest BCUT2D eigenvalue weighted by atomic mass is 10.1. The molecule has 0 saturated carbocycles. The van der Waals surface area contributed by atoms with Crippen LogP contribution >= 0.6 is 11.8 Å². The maximum atomic E-state index is 5.26. The van der Waals surface area contributed by atoms with Crippen LogP contribution in [0.15, 0.2) is 27.8 Å². The summed E-state index contributed by atoms with van der Waals surface area (Å²) >= 11 is 1.82. The highest BCUT2D eigenvalue weighted by Gasteiger charge is 2.22. The predicted molar refractivity (Wildman–Crippen MR) is 68.9 cm³/mol. The average Bonchev–Trinajstić information content (AvgIpc) is 2.87. The number of furan rings is 1. The first-order chi connectivity index (χ1) is 7.75. The summed E-state index contributed by atoms with van der Waals surface area (Å²) in [5, 5.41) is 4.54. The van der Waals surface area contributed by atoms with Crippen molar-refractivity contribution in [2.24, 2.45) is 10.9 Å². The van der Waals surface area contributed by atoms with Crippen molar-refractivity contribution in [2.45, 2.75) is 26.3 Å². The SMILES string of the molecule is CC(C)C1CSC(=NCCc2ccco2)N1. The van der Waals surface area contributed by atoms with Crippen LogP contribution in [0.5, 0.6) is 0 Å². The molecule has 2 rings (SSSR count). The molecule has 0 aliphatic carbocycles. The molecule has 1 saturated heterocycles. The van der Waals surface area contributed by atoms with Crippen molar-refractivity contribution < 1.29 is 4.42 Å². The second-order valence-corrected chi connectivity index (χ2v) is 5.33. The number of nitrogens with zero attached hydrogens (tertiary/aromatic N) is 1. The number of amidine groups is 1. The van der Waals surface area contributed by atoms with Gasteiger partial charge in [-0.15, -0.1) is 0 Å². The van der Waals surface area contributed by atoms with Crippen molar-refractivity contribution in [3.8, 4) is 0 Å². The largest absolute Gasteiger partial charge is 0.469 e. The molecule has 0 amide bonds. The standard InChI is InChI=1S/C12H18N2OS/c1-9(2)11-8-16-12(14-11)13-6-5-10-4-3-7-15-10/h3-4,7,9,11H,5-6,8H2,1-2H3,(H,13,14). The molecule has 1 N–H and O–H groups in total. The molecule has 0 aromatic carbocycles. The van der Waals surface area contributed by atoms with Gasteiger partial charge in [-0.3, -0.25) is 4.99 Å². The van der Waals surface area contributed by atoms with E-state index in [1.54, 1.807) is 6.26 Å². The summed E-state index contributed by atoms with van der Waals surface area (Å²) in [7, 11) is 0. The van der Waals surface area contributed by atoms with Gasteiger partial charge >= 0.3 is 0 Å². The highest BCUT2D eigenvalue weighted by molar-refractivity contribution is 8.14. The van der Waals surface area contributed by atoms with Gasteiger partial charge < -0.3 is 9.73 Å². The van der Waals surface area contributed by atoms with Gasteiger partial charge in [0.15, 0.2) is 5.17 Å². The van der Waals surface area contributed by atoms with E-state index in [-0.39, 0.29) is 0 Å². The molecule has 0 radical (unpaired) electrons. The molecule has 1 aromatic rings. The number of nitrogens with one attached hydrogen (secondary N) is 1. The van der Waals surface area contributed by atoms with Gasteiger partial charge in [0.2, 0.25) is 0 Å². The Morgan fingerprint density at radius 2 is 2.50 bits per heavy atom. The topological polar surface area (TPSA) is 37.5 Å². The van der Waals surface area contributed by atoms with E-state index in [1.165, 1.54) is 0 Å². The summed E-state index contributed by atoms with van der Waals surface area (Å²) in [5.74, 6) is 2.81. The van der Waals surface area contributed by atoms with E-state index in [9.17, 15) is 0 Å². The summed E-state index contributed by atoms with van der Waals surface area (Å²) in [6, 6.07) is 4.49. The number of rotatable bonds is 4. The van der Waals surface area contributed by atoms with E-state index < -0.39 is 0 Å². The molecule has 1 atom stereocenters. The number of thioether (sulfide) groups is 1. The smallest absolute Gasteiger partial charge is 0.156 e. The van der Waals surface area contributed by atoms with Crippen LogP contribution in [0.4, 0.5) is 0 Å². The second-order valence-electron chi connectivity index (χ2n) is 4.32. The van der Waals surface area contributed by atoms with Crippen molar-refractivity contribution in [2.75, 3.05) is 12.3 Å². The minimum absolute atomic E-state index is 0.576. The second kappa shape index (κ2) is 5.43. The minimum Gasteiger partial charge on any atom is -0.469 e. The molecule has 3 nitrogen and oxygen atoms in total. The molecule has 1 aliphatic heterocycles. The zero-order valence-electron chi connectivity index (χ0n) is 9.77. The van der Waals surface area contributed by atoms with E-state index in [0.717, 1.165) is 29.6 Å². The fraction of sp³-hybridized carbons (Fsp3) is 0.583. The van der Waals surface area contributed by atoms with Crippen LogP contribution in [0.25, 0.3) is 0 Å². The van der Waals surface area contributed by atoms with Gasteiger partial charge in [-0.1, -0.05) is 25.6 Å². The first kappa shape index (κ1) is 11.6. The quantitative estimate of drug-likeness (QED) is 0.876. The molecule has 88 valence electrons. The third-order valence-electron chi connectivity index (χ3n) is 2.71. The number of aliphatic imine (C=N–C) groups is 1. The van der Waals surface area contributed by atoms with Crippen molar-refractivity contribution >= 4 is 16.9 Å². The molecule has 2 heterocycles. The Bertz CT molecular complexity index is 346. The third kappa shape index (κ3) is 3.04. The molecule has 1 unspecified atom stereocenters. The lowest BCUT2D eigenvalue weighted by Gasteiger charge is -2.12. The van der Waals surface area contributed by atoms with E-state index >= 15 is 0 Å².